The Labute approximate surface area is 79.9 Å². The van der Waals surface area contributed by atoms with E-state index in [2.05, 4.69) is 6.92 Å². The van der Waals surface area contributed by atoms with Gasteiger partial charge in [0.15, 0.2) is 0 Å². The third-order valence-corrected chi connectivity index (χ3v) is 1.90. The minimum absolute atomic E-state index is 0.284. The van der Waals surface area contributed by atoms with E-state index in [-0.39, 0.29) is 5.97 Å². The van der Waals surface area contributed by atoms with E-state index in [1.54, 1.807) is 6.92 Å². The Kier molecular flexibility index (Phi) is 6.02. The zero-order valence-corrected chi connectivity index (χ0v) is 8.72. The summed E-state index contributed by atoms with van der Waals surface area (Å²) in [5, 5.41) is 0. The molecule has 76 valence electrons. The van der Waals surface area contributed by atoms with Crippen LogP contribution < -0.4 is 5.73 Å². The van der Waals surface area contributed by atoms with Crippen LogP contribution in [0.15, 0.2) is 11.3 Å². The monoisotopic (exact) mass is 185 g/mol. The normalized spacial score (nSPS) is 12.2. The Morgan fingerprint density at radius 2 is 2.00 bits per heavy atom. The molecule has 0 heterocycles. The first kappa shape index (κ1) is 12.0. The largest absolute Gasteiger partial charge is 0.462 e. The maximum absolute atomic E-state index is 11.3. The van der Waals surface area contributed by atoms with Gasteiger partial charge in [0, 0.05) is 5.70 Å². The van der Waals surface area contributed by atoms with Gasteiger partial charge in [-0.3, -0.25) is 0 Å². The molecule has 2 N–H and O–H groups in total. The Hall–Kier alpha value is -0.990. The smallest absolute Gasteiger partial charge is 0.335 e. The van der Waals surface area contributed by atoms with E-state index in [0.717, 1.165) is 12.8 Å². The fraction of sp³-hybridized carbons (Fsp3) is 0.700. The molecule has 0 unspecified atom stereocenters. The third kappa shape index (κ3) is 4.55. The first-order chi connectivity index (χ1) is 6.13. The topological polar surface area (TPSA) is 52.3 Å². The van der Waals surface area contributed by atoms with Crippen LogP contribution in [0.2, 0.25) is 0 Å². The molecule has 0 saturated heterocycles. The van der Waals surface area contributed by atoms with Crippen molar-refractivity contribution in [2.24, 2.45) is 5.73 Å². The number of rotatable bonds is 5. The Morgan fingerprint density at radius 3 is 2.46 bits per heavy atom. The summed E-state index contributed by atoms with van der Waals surface area (Å²) in [6.45, 7) is 6.16. The van der Waals surface area contributed by atoms with Crippen LogP contribution in [0.25, 0.3) is 0 Å². The highest BCUT2D eigenvalue weighted by molar-refractivity contribution is 5.88. The molecule has 0 aromatic rings. The molecule has 0 radical (unpaired) electrons. The van der Waals surface area contributed by atoms with Crippen LogP contribution in [0.5, 0.6) is 0 Å². The van der Waals surface area contributed by atoms with Crippen LogP contribution in [-0.4, -0.2) is 12.6 Å². The van der Waals surface area contributed by atoms with Gasteiger partial charge >= 0.3 is 5.97 Å². The molecule has 3 heteroatoms. The fourth-order valence-electron chi connectivity index (χ4n) is 0.814. The van der Waals surface area contributed by atoms with Gasteiger partial charge in [-0.25, -0.2) is 4.79 Å². The minimum atomic E-state index is -0.284. The molecule has 0 amide bonds. The zero-order valence-electron chi connectivity index (χ0n) is 8.72. The number of ether oxygens (including phenoxy) is 1. The lowest BCUT2D eigenvalue weighted by Crippen LogP contribution is -2.12. The molecule has 0 aliphatic rings. The van der Waals surface area contributed by atoms with Gasteiger partial charge in [-0.2, -0.15) is 0 Å². The molecule has 0 atom stereocenters. The van der Waals surface area contributed by atoms with E-state index >= 15 is 0 Å². The molecule has 13 heavy (non-hydrogen) atoms. The summed E-state index contributed by atoms with van der Waals surface area (Å²) in [5.74, 6) is -0.284. The minimum Gasteiger partial charge on any atom is -0.462 e. The number of unbranched alkanes of at least 4 members (excludes halogenated alkanes) is 1. The lowest BCUT2D eigenvalue weighted by Gasteiger charge is -2.06. The predicted octanol–water partition coefficient (Wildman–Crippen LogP) is 1.97. The Morgan fingerprint density at radius 1 is 1.38 bits per heavy atom. The number of allylic oxidation sites excluding steroid dienone is 1. The Balaban J connectivity index is 3.97. The van der Waals surface area contributed by atoms with Gasteiger partial charge in [0.2, 0.25) is 0 Å². The number of carbonyl (C=O) groups excluding carboxylic acids is 1. The van der Waals surface area contributed by atoms with Crippen molar-refractivity contribution < 1.29 is 9.53 Å². The van der Waals surface area contributed by atoms with E-state index in [1.807, 2.05) is 6.92 Å². The van der Waals surface area contributed by atoms with Crippen molar-refractivity contribution in [3.05, 3.63) is 11.3 Å². The molecule has 0 aliphatic carbocycles. The highest BCUT2D eigenvalue weighted by Crippen LogP contribution is 2.04. The molecule has 3 nitrogen and oxygen atoms in total. The van der Waals surface area contributed by atoms with Crippen LogP contribution in [0.1, 0.15) is 40.0 Å². The number of nitrogens with two attached hydrogens (primary N) is 1. The maximum atomic E-state index is 11.3. The summed E-state index contributed by atoms with van der Waals surface area (Å²) in [6.07, 6.45) is 2.62. The summed E-state index contributed by atoms with van der Waals surface area (Å²) in [5.41, 5.74) is 6.75. The van der Waals surface area contributed by atoms with Crippen molar-refractivity contribution in [3.63, 3.8) is 0 Å². The fourth-order valence-corrected chi connectivity index (χ4v) is 0.814. The highest BCUT2D eigenvalue weighted by Gasteiger charge is 2.07. The van der Waals surface area contributed by atoms with E-state index in [0.29, 0.717) is 24.3 Å². The average molecular weight is 185 g/mol. The molecular weight excluding hydrogens is 166 g/mol. The molecule has 0 rings (SSSR count). The second kappa shape index (κ2) is 6.52. The summed E-state index contributed by atoms with van der Waals surface area (Å²) in [6, 6.07) is 0. The summed E-state index contributed by atoms with van der Waals surface area (Å²) < 4.78 is 4.99. The van der Waals surface area contributed by atoms with E-state index < -0.39 is 0 Å². The first-order valence-corrected chi connectivity index (χ1v) is 4.75. The van der Waals surface area contributed by atoms with E-state index in [4.69, 9.17) is 10.5 Å². The second-order valence-electron chi connectivity index (χ2n) is 2.99. The molecule has 0 aromatic carbocycles. The van der Waals surface area contributed by atoms with Gasteiger partial charge in [0.05, 0.1) is 12.2 Å². The van der Waals surface area contributed by atoms with Crippen LogP contribution in [-0.2, 0) is 9.53 Å². The standard InChI is InChI=1S/C10H19NO2/c1-4-6-7-13-10(12)8(3)9(11)5-2/h4-7,11H2,1-3H3/b9-8+. The van der Waals surface area contributed by atoms with Gasteiger partial charge in [0.25, 0.3) is 0 Å². The number of carbonyl (C=O) groups is 1. The second-order valence-corrected chi connectivity index (χ2v) is 2.99. The first-order valence-electron chi connectivity index (χ1n) is 4.75. The van der Waals surface area contributed by atoms with Crippen LogP contribution in [0.4, 0.5) is 0 Å². The molecule has 0 bridgehead atoms. The van der Waals surface area contributed by atoms with Gasteiger partial charge in [-0.1, -0.05) is 20.3 Å². The highest BCUT2D eigenvalue weighted by atomic mass is 16.5. The van der Waals surface area contributed by atoms with Gasteiger partial charge in [-0.05, 0) is 19.8 Å². The molecule has 0 saturated carbocycles. The van der Waals surface area contributed by atoms with Crippen molar-refractivity contribution >= 4 is 5.97 Å². The lowest BCUT2D eigenvalue weighted by atomic mass is 10.2. The average Bonchev–Trinajstić information content (AvgIpc) is 2.15. The lowest BCUT2D eigenvalue weighted by molar-refractivity contribution is -0.139. The number of hydrogen-bond donors (Lipinski definition) is 1. The van der Waals surface area contributed by atoms with Gasteiger partial charge in [0.1, 0.15) is 0 Å². The molecule has 0 aromatic heterocycles. The van der Waals surface area contributed by atoms with Crippen LogP contribution in [0, 0.1) is 0 Å². The molecular formula is C10H19NO2. The summed E-state index contributed by atoms with van der Waals surface area (Å²) in [4.78, 5) is 11.3. The molecule has 0 spiro atoms. The van der Waals surface area contributed by atoms with Crippen LogP contribution >= 0.6 is 0 Å². The van der Waals surface area contributed by atoms with Crippen molar-refractivity contribution in [2.45, 2.75) is 40.0 Å². The Bertz CT molecular complexity index is 197. The third-order valence-electron chi connectivity index (χ3n) is 1.90. The zero-order chi connectivity index (χ0) is 10.3. The van der Waals surface area contributed by atoms with Crippen molar-refractivity contribution in [3.8, 4) is 0 Å². The SMILES string of the molecule is CCCCOC(=O)/C(C)=C(/N)CC. The van der Waals surface area contributed by atoms with Gasteiger partial charge < -0.3 is 10.5 Å². The predicted molar refractivity (Wildman–Crippen MR) is 53.0 cm³/mol. The maximum Gasteiger partial charge on any atom is 0.335 e. The van der Waals surface area contributed by atoms with Crippen molar-refractivity contribution in [1.82, 2.24) is 0 Å². The summed E-state index contributed by atoms with van der Waals surface area (Å²) in [7, 11) is 0. The van der Waals surface area contributed by atoms with Gasteiger partial charge in [-0.15, -0.1) is 0 Å². The molecule has 0 aliphatic heterocycles. The molecule has 0 fully saturated rings. The van der Waals surface area contributed by atoms with Crippen LogP contribution in [0.3, 0.4) is 0 Å². The number of esters is 1. The van der Waals surface area contributed by atoms with Crippen molar-refractivity contribution in [1.29, 1.82) is 0 Å². The van der Waals surface area contributed by atoms with Crippen molar-refractivity contribution in [2.75, 3.05) is 6.61 Å². The van der Waals surface area contributed by atoms with E-state index in [9.17, 15) is 4.79 Å². The summed E-state index contributed by atoms with van der Waals surface area (Å²) >= 11 is 0. The quantitative estimate of drug-likeness (QED) is 0.405. The van der Waals surface area contributed by atoms with E-state index in [1.165, 1.54) is 0 Å². The number of hydrogen-bond acceptors (Lipinski definition) is 3.